The van der Waals surface area contributed by atoms with E-state index in [1.54, 1.807) is 18.5 Å². The summed E-state index contributed by atoms with van der Waals surface area (Å²) in [7, 11) is 2.14. The number of hydrogen-bond donors (Lipinski definition) is 1. The lowest BCUT2D eigenvalue weighted by Gasteiger charge is -2.13. The average molecular weight is 216 g/mol. The number of nitrogens with one attached hydrogen (secondary N) is 1. The highest BCUT2D eigenvalue weighted by molar-refractivity contribution is 5.55. The Hall–Kier alpha value is -1.60. The summed E-state index contributed by atoms with van der Waals surface area (Å²) in [5, 5.41) is 12.2. The van der Waals surface area contributed by atoms with E-state index in [9.17, 15) is 0 Å². The van der Waals surface area contributed by atoms with Crippen LogP contribution in [0.3, 0.4) is 0 Å². The van der Waals surface area contributed by atoms with Crippen molar-refractivity contribution in [2.24, 2.45) is 5.92 Å². The molecule has 1 saturated heterocycles. The number of anilines is 1. The highest BCUT2D eigenvalue weighted by Gasteiger charge is 2.19. The molecule has 1 aliphatic heterocycles. The van der Waals surface area contributed by atoms with Crippen molar-refractivity contribution in [2.45, 2.75) is 6.42 Å². The molecule has 1 fully saturated rings. The summed E-state index contributed by atoms with van der Waals surface area (Å²) in [6, 6.07) is 3.91. The van der Waals surface area contributed by atoms with E-state index in [2.05, 4.69) is 28.3 Å². The molecule has 2 heterocycles. The van der Waals surface area contributed by atoms with E-state index in [0.717, 1.165) is 18.8 Å². The fourth-order valence-corrected chi connectivity index (χ4v) is 2.08. The maximum absolute atomic E-state index is 8.93. The molecular formula is C12H16N4. The van der Waals surface area contributed by atoms with E-state index in [0.29, 0.717) is 11.5 Å². The van der Waals surface area contributed by atoms with Gasteiger partial charge >= 0.3 is 0 Å². The molecule has 1 aromatic rings. The number of likely N-dealkylation sites (tertiary alicyclic amines) is 1. The van der Waals surface area contributed by atoms with Crippen molar-refractivity contribution in [1.82, 2.24) is 9.88 Å². The molecule has 1 N–H and O–H groups in total. The first-order valence-corrected chi connectivity index (χ1v) is 5.56. The van der Waals surface area contributed by atoms with Crippen LogP contribution in [0.1, 0.15) is 12.0 Å². The minimum atomic E-state index is 0.668. The van der Waals surface area contributed by atoms with E-state index in [1.807, 2.05) is 0 Å². The van der Waals surface area contributed by atoms with Gasteiger partial charge in [-0.25, -0.2) is 0 Å². The van der Waals surface area contributed by atoms with Crippen molar-refractivity contribution < 1.29 is 0 Å². The Kier molecular flexibility index (Phi) is 3.37. The minimum Gasteiger partial charge on any atom is -0.382 e. The molecule has 0 spiro atoms. The lowest BCUT2D eigenvalue weighted by atomic mass is 10.1. The molecule has 0 radical (unpaired) electrons. The van der Waals surface area contributed by atoms with Gasteiger partial charge < -0.3 is 10.2 Å². The molecule has 1 aromatic heterocycles. The molecule has 4 nitrogen and oxygen atoms in total. The second kappa shape index (κ2) is 4.95. The van der Waals surface area contributed by atoms with Crippen LogP contribution >= 0.6 is 0 Å². The summed E-state index contributed by atoms with van der Waals surface area (Å²) in [4.78, 5) is 6.36. The fraction of sp³-hybridized carbons (Fsp3) is 0.500. The predicted molar refractivity (Wildman–Crippen MR) is 63.0 cm³/mol. The van der Waals surface area contributed by atoms with Crippen LogP contribution in [-0.2, 0) is 0 Å². The smallest absolute Gasteiger partial charge is 0.101 e. The second-order valence-electron chi connectivity index (χ2n) is 4.33. The molecular weight excluding hydrogens is 200 g/mol. The van der Waals surface area contributed by atoms with Gasteiger partial charge in [-0.1, -0.05) is 0 Å². The third-order valence-corrected chi connectivity index (χ3v) is 3.01. The van der Waals surface area contributed by atoms with Gasteiger partial charge in [-0.05, 0) is 32.0 Å². The Balaban J connectivity index is 1.92. The van der Waals surface area contributed by atoms with E-state index in [-0.39, 0.29) is 0 Å². The lowest BCUT2D eigenvalue weighted by Crippen LogP contribution is -2.19. The maximum atomic E-state index is 8.93. The van der Waals surface area contributed by atoms with Gasteiger partial charge in [0.25, 0.3) is 0 Å². The summed E-state index contributed by atoms with van der Waals surface area (Å²) in [6.07, 6.45) is 4.59. The van der Waals surface area contributed by atoms with Gasteiger partial charge in [0.1, 0.15) is 6.07 Å². The normalized spacial score (nSPS) is 20.6. The third-order valence-electron chi connectivity index (χ3n) is 3.01. The summed E-state index contributed by atoms with van der Waals surface area (Å²) in [5.74, 6) is 0.678. The zero-order valence-corrected chi connectivity index (χ0v) is 9.48. The maximum Gasteiger partial charge on any atom is 0.101 e. The Morgan fingerprint density at radius 2 is 2.56 bits per heavy atom. The van der Waals surface area contributed by atoms with Gasteiger partial charge in [0.15, 0.2) is 0 Å². The molecule has 1 unspecified atom stereocenters. The molecule has 0 aliphatic carbocycles. The van der Waals surface area contributed by atoms with Crippen LogP contribution in [0.4, 0.5) is 5.69 Å². The van der Waals surface area contributed by atoms with Crippen molar-refractivity contribution in [1.29, 1.82) is 5.26 Å². The van der Waals surface area contributed by atoms with Gasteiger partial charge in [-0.2, -0.15) is 5.26 Å². The highest BCUT2D eigenvalue weighted by Crippen LogP contribution is 2.17. The number of hydrogen-bond acceptors (Lipinski definition) is 4. The lowest BCUT2D eigenvalue weighted by molar-refractivity contribution is 0.399. The zero-order valence-electron chi connectivity index (χ0n) is 9.48. The van der Waals surface area contributed by atoms with E-state index >= 15 is 0 Å². The SMILES string of the molecule is CN1CCC(CNc2cnccc2C#N)C1. The predicted octanol–water partition coefficient (Wildman–Crippen LogP) is 1.32. The fourth-order valence-electron chi connectivity index (χ4n) is 2.08. The first kappa shape index (κ1) is 10.9. The van der Waals surface area contributed by atoms with Crippen LogP contribution in [-0.4, -0.2) is 36.6 Å². The van der Waals surface area contributed by atoms with Gasteiger partial charge in [0.05, 0.1) is 17.4 Å². The summed E-state index contributed by atoms with van der Waals surface area (Å²) >= 11 is 0. The molecule has 1 aliphatic rings. The molecule has 0 bridgehead atoms. The molecule has 1 atom stereocenters. The van der Waals surface area contributed by atoms with Gasteiger partial charge in [0.2, 0.25) is 0 Å². The minimum absolute atomic E-state index is 0.668. The van der Waals surface area contributed by atoms with E-state index < -0.39 is 0 Å². The highest BCUT2D eigenvalue weighted by atomic mass is 15.1. The van der Waals surface area contributed by atoms with Crippen molar-refractivity contribution in [3.8, 4) is 6.07 Å². The zero-order chi connectivity index (χ0) is 11.4. The van der Waals surface area contributed by atoms with Crippen LogP contribution in [0.5, 0.6) is 0 Å². The number of pyridine rings is 1. The summed E-state index contributed by atoms with van der Waals surface area (Å²) in [5.41, 5.74) is 1.51. The standard InChI is InChI=1S/C12H16N4/c1-16-5-3-10(9-16)7-15-12-8-14-4-2-11(12)6-13/h2,4,8,10,15H,3,5,7,9H2,1H3. The monoisotopic (exact) mass is 216 g/mol. The first-order valence-electron chi connectivity index (χ1n) is 5.56. The largest absolute Gasteiger partial charge is 0.382 e. The third kappa shape index (κ3) is 2.50. The number of nitriles is 1. The number of aromatic nitrogens is 1. The first-order chi connectivity index (χ1) is 7.79. The summed E-state index contributed by atoms with van der Waals surface area (Å²) in [6.45, 7) is 3.23. The van der Waals surface area contributed by atoms with E-state index in [4.69, 9.17) is 5.26 Å². The second-order valence-corrected chi connectivity index (χ2v) is 4.33. The topological polar surface area (TPSA) is 52.0 Å². The molecule has 0 saturated carbocycles. The Morgan fingerprint density at radius 3 is 3.25 bits per heavy atom. The van der Waals surface area contributed by atoms with Crippen molar-refractivity contribution in [3.63, 3.8) is 0 Å². The quantitative estimate of drug-likeness (QED) is 0.828. The number of rotatable bonds is 3. The molecule has 16 heavy (non-hydrogen) atoms. The van der Waals surface area contributed by atoms with Crippen LogP contribution < -0.4 is 5.32 Å². The molecule has 0 amide bonds. The average Bonchev–Trinajstić information content (AvgIpc) is 2.73. The van der Waals surface area contributed by atoms with Crippen LogP contribution in [0.25, 0.3) is 0 Å². The molecule has 84 valence electrons. The van der Waals surface area contributed by atoms with Crippen molar-refractivity contribution in [3.05, 3.63) is 24.0 Å². The number of nitrogens with zero attached hydrogens (tertiary/aromatic N) is 3. The van der Waals surface area contributed by atoms with Gasteiger partial charge in [-0.3, -0.25) is 4.98 Å². The van der Waals surface area contributed by atoms with Crippen molar-refractivity contribution >= 4 is 5.69 Å². The van der Waals surface area contributed by atoms with Crippen LogP contribution in [0.15, 0.2) is 18.5 Å². The molecule has 4 heteroatoms. The van der Waals surface area contributed by atoms with E-state index in [1.165, 1.54) is 13.0 Å². The van der Waals surface area contributed by atoms with Crippen molar-refractivity contribution in [2.75, 3.05) is 32.0 Å². The Morgan fingerprint density at radius 1 is 1.69 bits per heavy atom. The van der Waals surface area contributed by atoms with Gasteiger partial charge in [-0.15, -0.1) is 0 Å². The van der Waals surface area contributed by atoms with Gasteiger partial charge in [0, 0.05) is 19.3 Å². The Bertz CT molecular complexity index is 396. The Labute approximate surface area is 95.9 Å². The summed E-state index contributed by atoms with van der Waals surface area (Å²) < 4.78 is 0. The van der Waals surface area contributed by atoms with Crippen LogP contribution in [0, 0.1) is 17.2 Å². The molecule has 0 aromatic carbocycles. The molecule has 2 rings (SSSR count). The van der Waals surface area contributed by atoms with Crippen LogP contribution in [0.2, 0.25) is 0 Å².